The van der Waals surface area contributed by atoms with E-state index >= 15 is 0 Å². The van der Waals surface area contributed by atoms with E-state index in [4.69, 9.17) is 17.1 Å². The Morgan fingerprint density at radius 1 is 1.09 bits per heavy atom. The Morgan fingerprint density at radius 2 is 1.73 bits per heavy atom. The van der Waals surface area contributed by atoms with E-state index in [0.29, 0.717) is 6.61 Å². The molecule has 0 aliphatic carbocycles. The van der Waals surface area contributed by atoms with Gasteiger partial charge in [0.05, 0.1) is 5.22 Å². The van der Waals surface area contributed by atoms with Gasteiger partial charge in [0.1, 0.15) is 0 Å². The lowest BCUT2D eigenvalue weighted by Gasteiger charge is -2.56. The van der Waals surface area contributed by atoms with Crippen LogP contribution in [0.4, 0.5) is 0 Å². The van der Waals surface area contributed by atoms with E-state index in [1.165, 1.54) is 0 Å². The van der Waals surface area contributed by atoms with Gasteiger partial charge in [-0.1, -0.05) is 0 Å². The predicted octanol–water partition coefficient (Wildman–Crippen LogP) is 2.06. The van der Waals surface area contributed by atoms with E-state index in [9.17, 15) is 9.59 Å². The molecule has 3 atom stereocenters. The summed E-state index contributed by atoms with van der Waals surface area (Å²) >= 11 is 0. The fourth-order valence-electron chi connectivity index (χ4n) is 3.19. The van der Waals surface area contributed by atoms with Gasteiger partial charge in [-0.3, -0.25) is 0 Å². The van der Waals surface area contributed by atoms with Gasteiger partial charge in [-0.05, 0) is 58.5 Å². The third kappa shape index (κ3) is 4.18. The van der Waals surface area contributed by atoms with Gasteiger partial charge in [0.25, 0.3) is 0 Å². The Kier molecular flexibility index (Phi) is 5.05. The van der Waals surface area contributed by atoms with Gasteiger partial charge in [0.15, 0.2) is 0 Å². The minimum Gasteiger partial charge on any atom is -0.413 e. The highest BCUT2D eigenvalue weighted by atomic mass is 28.5. The molecule has 130 valence electrons. The summed E-state index contributed by atoms with van der Waals surface area (Å²) in [6.45, 7) is 11.9. The molecule has 2 rings (SSSR count). The van der Waals surface area contributed by atoms with Crippen LogP contribution in [0.2, 0.25) is 44.8 Å². The first-order valence-electron chi connectivity index (χ1n) is 7.98. The molecule has 0 radical (unpaired) electrons. The van der Waals surface area contributed by atoms with Crippen LogP contribution >= 0.6 is 0 Å². The Bertz CT molecular complexity index is 417. The van der Waals surface area contributed by atoms with Gasteiger partial charge in [0.2, 0.25) is 8.32 Å². The SMILES string of the molecule is CC1(O[Si](C)(C)O)CC[Si]1(C)O[Si]1(O[Si](C)(C)O)CCCO1. The Balaban J connectivity index is 2.16. The Morgan fingerprint density at radius 3 is 2.09 bits per heavy atom. The van der Waals surface area contributed by atoms with Crippen LogP contribution in [0.25, 0.3) is 0 Å². The molecule has 2 aliphatic heterocycles. The molecule has 2 saturated heterocycles. The average molecular weight is 383 g/mol. The average Bonchev–Trinajstić information content (AvgIpc) is 2.71. The summed E-state index contributed by atoms with van der Waals surface area (Å²) in [5.41, 5.74) is 0. The highest BCUT2D eigenvalue weighted by Gasteiger charge is 2.64. The van der Waals surface area contributed by atoms with Crippen LogP contribution < -0.4 is 0 Å². The maximum Gasteiger partial charge on any atom is 0.481 e. The second-order valence-electron chi connectivity index (χ2n) is 7.80. The van der Waals surface area contributed by atoms with E-state index in [0.717, 1.165) is 24.9 Å². The third-order valence-corrected chi connectivity index (χ3v) is 17.3. The summed E-state index contributed by atoms with van der Waals surface area (Å²) in [7, 11) is -10.4. The van der Waals surface area contributed by atoms with Gasteiger partial charge < -0.3 is 26.7 Å². The zero-order valence-corrected chi connectivity index (χ0v) is 18.6. The lowest BCUT2D eigenvalue weighted by molar-refractivity contribution is 0.0627. The molecule has 3 unspecified atom stereocenters. The van der Waals surface area contributed by atoms with Gasteiger partial charge in [-0.15, -0.1) is 0 Å². The number of hydrogen-bond acceptors (Lipinski definition) is 6. The zero-order valence-electron chi connectivity index (χ0n) is 14.6. The monoisotopic (exact) mass is 382 g/mol. The van der Waals surface area contributed by atoms with Crippen LogP contribution in [0.3, 0.4) is 0 Å². The molecule has 0 spiro atoms. The standard InChI is InChI=1S/C12H30O6Si4/c1-12(16-19(2,3)13)8-11-21(12,6)18-22(10-7-9-15-22)17-20(4,5)14/h13-14H,7-11H2,1-6H3. The number of hydrogen-bond donors (Lipinski definition) is 2. The van der Waals surface area contributed by atoms with Crippen molar-refractivity contribution in [3.8, 4) is 0 Å². The van der Waals surface area contributed by atoms with Crippen molar-refractivity contribution in [1.82, 2.24) is 0 Å². The first-order valence-corrected chi connectivity index (χ1v) is 18.2. The third-order valence-electron chi connectivity index (χ3n) is 4.41. The molecule has 2 aliphatic rings. The minimum atomic E-state index is -2.81. The summed E-state index contributed by atoms with van der Waals surface area (Å²) in [5, 5.41) is -0.395. The van der Waals surface area contributed by atoms with Crippen LogP contribution in [-0.2, 0) is 17.1 Å². The van der Waals surface area contributed by atoms with Crippen LogP contribution in [0, 0.1) is 0 Å². The van der Waals surface area contributed by atoms with Crippen LogP contribution in [0.1, 0.15) is 19.8 Å². The second-order valence-corrected chi connectivity index (χ2v) is 21.6. The topological polar surface area (TPSA) is 77.4 Å². The smallest absolute Gasteiger partial charge is 0.413 e. The zero-order chi connectivity index (χ0) is 16.9. The van der Waals surface area contributed by atoms with Crippen molar-refractivity contribution >= 4 is 34.2 Å². The minimum absolute atomic E-state index is 0.395. The predicted molar refractivity (Wildman–Crippen MR) is 93.2 cm³/mol. The molecule has 0 amide bonds. The Hall–Kier alpha value is 0.628. The molecule has 6 nitrogen and oxygen atoms in total. The Labute approximate surface area is 137 Å². The van der Waals surface area contributed by atoms with Gasteiger partial charge in [0, 0.05) is 12.7 Å². The van der Waals surface area contributed by atoms with Gasteiger partial charge in [-0.2, -0.15) is 0 Å². The lowest BCUT2D eigenvalue weighted by Crippen LogP contribution is -2.73. The molecule has 2 fully saturated rings. The van der Waals surface area contributed by atoms with Gasteiger partial charge >= 0.3 is 25.9 Å². The first kappa shape index (κ1) is 19.0. The summed E-state index contributed by atoms with van der Waals surface area (Å²) in [4.78, 5) is 20.4. The fourth-order valence-corrected chi connectivity index (χ4v) is 17.7. The maximum atomic E-state index is 10.2. The van der Waals surface area contributed by atoms with E-state index in [-0.39, 0.29) is 0 Å². The van der Waals surface area contributed by atoms with E-state index in [1.807, 2.05) is 6.92 Å². The molecule has 0 bridgehead atoms. The summed E-state index contributed by atoms with van der Waals surface area (Å²) < 4.78 is 24.5. The second kappa shape index (κ2) is 5.86. The summed E-state index contributed by atoms with van der Waals surface area (Å²) in [5.74, 6) is 0. The molecule has 0 aromatic heterocycles. The van der Waals surface area contributed by atoms with E-state index in [2.05, 4.69) is 6.55 Å². The molecule has 22 heavy (non-hydrogen) atoms. The van der Waals surface area contributed by atoms with Crippen LogP contribution in [-0.4, -0.2) is 55.7 Å². The van der Waals surface area contributed by atoms with Gasteiger partial charge in [-0.25, -0.2) is 0 Å². The normalized spacial score (nSPS) is 39.8. The molecule has 0 aromatic rings. The van der Waals surface area contributed by atoms with Crippen molar-refractivity contribution in [3.63, 3.8) is 0 Å². The molecule has 0 saturated carbocycles. The summed E-state index contributed by atoms with van der Waals surface area (Å²) in [6.07, 6.45) is 1.82. The van der Waals surface area contributed by atoms with Crippen molar-refractivity contribution in [2.45, 2.75) is 69.8 Å². The van der Waals surface area contributed by atoms with Crippen molar-refractivity contribution in [3.05, 3.63) is 0 Å². The maximum absolute atomic E-state index is 10.2. The van der Waals surface area contributed by atoms with Crippen molar-refractivity contribution < 1.29 is 26.7 Å². The first-order chi connectivity index (χ1) is 9.79. The van der Waals surface area contributed by atoms with Crippen molar-refractivity contribution in [1.29, 1.82) is 0 Å². The molecule has 0 aromatic carbocycles. The van der Waals surface area contributed by atoms with Crippen molar-refractivity contribution in [2.24, 2.45) is 0 Å². The van der Waals surface area contributed by atoms with Crippen LogP contribution in [0.5, 0.6) is 0 Å². The van der Waals surface area contributed by atoms with Crippen molar-refractivity contribution in [2.75, 3.05) is 6.61 Å². The van der Waals surface area contributed by atoms with Crippen LogP contribution in [0.15, 0.2) is 0 Å². The largest absolute Gasteiger partial charge is 0.481 e. The molecular formula is C12H30O6Si4. The number of rotatable bonds is 6. The lowest BCUT2D eigenvalue weighted by atomic mass is 10.3. The summed E-state index contributed by atoms with van der Waals surface area (Å²) in [6, 6.07) is 1.74. The fraction of sp³-hybridized carbons (Fsp3) is 1.00. The highest BCUT2D eigenvalue weighted by Crippen LogP contribution is 2.48. The molecule has 2 N–H and O–H groups in total. The molecule has 10 heteroatoms. The van der Waals surface area contributed by atoms with E-state index < -0.39 is 39.5 Å². The molecular weight excluding hydrogens is 352 g/mol. The van der Waals surface area contributed by atoms with E-state index in [1.54, 1.807) is 26.2 Å². The molecule has 2 heterocycles. The quantitative estimate of drug-likeness (QED) is 0.685. The highest BCUT2D eigenvalue weighted by molar-refractivity contribution is 6.88.